The summed E-state index contributed by atoms with van der Waals surface area (Å²) in [6.07, 6.45) is 6.45. The number of thioether (sulfide) groups is 2. The molecule has 13 nitrogen and oxygen atoms in total. The van der Waals surface area contributed by atoms with E-state index < -0.39 is 47.9 Å². The van der Waals surface area contributed by atoms with Gasteiger partial charge in [-0.1, -0.05) is 0 Å². The van der Waals surface area contributed by atoms with Crippen molar-refractivity contribution in [2.75, 3.05) is 37.1 Å². The fourth-order valence-electron chi connectivity index (χ4n) is 3.23. The molecule has 0 bridgehead atoms. The van der Waals surface area contributed by atoms with Crippen molar-refractivity contribution in [3.05, 3.63) is 0 Å². The van der Waals surface area contributed by atoms with E-state index >= 15 is 0 Å². The van der Waals surface area contributed by atoms with Crippen molar-refractivity contribution < 1.29 is 24.3 Å². The monoisotopic (exact) mass is 564 g/mol. The van der Waals surface area contributed by atoms with E-state index in [0.29, 0.717) is 43.7 Å². The summed E-state index contributed by atoms with van der Waals surface area (Å²) in [6, 6.07) is -3.86. The van der Waals surface area contributed by atoms with Crippen LogP contribution in [-0.4, -0.2) is 96.0 Å². The third-order valence-electron chi connectivity index (χ3n) is 5.35. The summed E-state index contributed by atoms with van der Waals surface area (Å²) in [6.45, 7) is 0.671. The lowest BCUT2D eigenvalue weighted by atomic mass is 10.1. The Labute approximate surface area is 227 Å². The van der Waals surface area contributed by atoms with Gasteiger partial charge in [-0.25, -0.2) is 4.79 Å². The topological polar surface area (TPSA) is 241 Å². The molecular weight excluding hydrogens is 520 g/mol. The number of hydrogen-bond acceptors (Lipinski definition) is 9. The number of carbonyl (C=O) groups excluding carboxylic acids is 3. The van der Waals surface area contributed by atoms with Gasteiger partial charge in [0.2, 0.25) is 17.7 Å². The second-order valence-electron chi connectivity index (χ2n) is 8.42. The zero-order valence-electron chi connectivity index (χ0n) is 21.7. The van der Waals surface area contributed by atoms with Gasteiger partial charge >= 0.3 is 5.97 Å². The van der Waals surface area contributed by atoms with Gasteiger partial charge in [-0.2, -0.15) is 23.5 Å². The highest BCUT2D eigenvalue weighted by atomic mass is 32.2. The number of nitrogens with one attached hydrogen (secondary N) is 3. The number of amides is 3. The van der Waals surface area contributed by atoms with Crippen LogP contribution >= 0.6 is 23.5 Å². The maximum Gasteiger partial charge on any atom is 0.326 e. The number of carboxylic acids is 1. The van der Waals surface area contributed by atoms with Gasteiger partial charge in [0.05, 0.1) is 6.04 Å². The molecule has 0 aromatic carbocycles. The van der Waals surface area contributed by atoms with E-state index in [1.807, 2.05) is 12.5 Å². The van der Waals surface area contributed by atoms with E-state index in [1.165, 1.54) is 11.8 Å². The Balaban J connectivity index is 5.50. The average molecular weight is 565 g/mol. The van der Waals surface area contributed by atoms with Crippen molar-refractivity contribution in [1.29, 1.82) is 0 Å². The lowest BCUT2D eigenvalue weighted by molar-refractivity contribution is -0.142. The number of guanidine groups is 1. The lowest BCUT2D eigenvalue weighted by Crippen LogP contribution is -2.57. The first-order chi connectivity index (χ1) is 17.6. The number of carboxylic acid groups (broad SMARTS) is 1. The molecule has 4 atom stereocenters. The highest BCUT2D eigenvalue weighted by Crippen LogP contribution is 2.08. The summed E-state index contributed by atoms with van der Waals surface area (Å²) in [7, 11) is 0. The molecule has 0 rings (SSSR count). The van der Waals surface area contributed by atoms with Gasteiger partial charge in [-0.15, -0.1) is 0 Å². The summed E-state index contributed by atoms with van der Waals surface area (Å²) >= 11 is 3.03. The second-order valence-corrected chi connectivity index (χ2v) is 10.4. The number of hydrogen-bond donors (Lipinski definition) is 8. The summed E-state index contributed by atoms with van der Waals surface area (Å²) < 4.78 is 0. The predicted molar refractivity (Wildman–Crippen MR) is 150 cm³/mol. The molecule has 214 valence electrons. The molecule has 0 aromatic heterocycles. The maximum absolute atomic E-state index is 13.2. The van der Waals surface area contributed by atoms with Crippen LogP contribution in [0.3, 0.4) is 0 Å². The first-order valence-corrected chi connectivity index (χ1v) is 15.0. The molecule has 0 aliphatic heterocycles. The van der Waals surface area contributed by atoms with Gasteiger partial charge < -0.3 is 44.0 Å². The molecule has 0 radical (unpaired) electrons. The van der Waals surface area contributed by atoms with Crippen molar-refractivity contribution >= 4 is 53.2 Å². The van der Waals surface area contributed by atoms with Crippen LogP contribution in [0, 0.1) is 0 Å². The van der Waals surface area contributed by atoms with E-state index in [1.54, 1.807) is 11.8 Å². The molecule has 0 spiro atoms. The number of unbranched alkanes of at least 4 members (excludes halogenated alkanes) is 1. The zero-order valence-corrected chi connectivity index (χ0v) is 23.4. The van der Waals surface area contributed by atoms with Crippen molar-refractivity contribution in [2.24, 2.45) is 27.9 Å². The smallest absolute Gasteiger partial charge is 0.326 e. The fraction of sp³-hybridized carbons (Fsp3) is 0.773. The normalized spacial score (nSPS) is 14.1. The summed E-state index contributed by atoms with van der Waals surface area (Å²) in [5, 5.41) is 17.4. The lowest BCUT2D eigenvalue weighted by Gasteiger charge is -2.25. The molecule has 4 unspecified atom stereocenters. The van der Waals surface area contributed by atoms with Crippen LogP contribution in [0.15, 0.2) is 4.99 Å². The Bertz CT molecular complexity index is 740. The Morgan fingerprint density at radius 1 is 0.784 bits per heavy atom. The van der Waals surface area contributed by atoms with Crippen molar-refractivity contribution in [2.45, 2.75) is 69.1 Å². The highest BCUT2D eigenvalue weighted by Gasteiger charge is 2.29. The van der Waals surface area contributed by atoms with Gasteiger partial charge in [0.1, 0.15) is 18.1 Å². The van der Waals surface area contributed by atoms with Gasteiger partial charge in [0.25, 0.3) is 0 Å². The standard InChI is InChI=1S/C22H44N8O5S2/c1-36-12-8-14(24)18(31)28-15(7-5-11-27-22(25)26)19(32)29-16(9-13-37-2)20(33)30-17(21(34)35)6-3-4-10-23/h14-17H,3-13,23-24H2,1-2H3,(H,28,31)(H,29,32)(H,30,33)(H,34,35)(H4,25,26,27). The van der Waals surface area contributed by atoms with E-state index in [-0.39, 0.29) is 31.8 Å². The first kappa shape index (κ1) is 34.8. The molecule has 15 heteroatoms. The quantitative estimate of drug-likeness (QED) is 0.0455. The molecule has 0 heterocycles. The van der Waals surface area contributed by atoms with Gasteiger partial charge in [-0.05, 0) is 75.5 Å². The summed E-state index contributed by atoms with van der Waals surface area (Å²) in [4.78, 5) is 54.2. The fourth-order valence-corrected chi connectivity index (χ4v) is 4.19. The average Bonchev–Trinajstić information content (AvgIpc) is 2.85. The minimum Gasteiger partial charge on any atom is -0.480 e. The van der Waals surface area contributed by atoms with Crippen molar-refractivity contribution in [3.8, 4) is 0 Å². The van der Waals surface area contributed by atoms with E-state index in [0.717, 1.165) is 0 Å². The van der Waals surface area contributed by atoms with Crippen LogP contribution in [0.1, 0.15) is 44.9 Å². The number of rotatable bonds is 21. The first-order valence-electron chi connectivity index (χ1n) is 12.2. The van der Waals surface area contributed by atoms with Crippen LogP contribution in [0.25, 0.3) is 0 Å². The molecule has 0 fully saturated rings. The number of nitrogens with two attached hydrogens (primary N) is 4. The number of nitrogens with zero attached hydrogens (tertiary/aromatic N) is 1. The number of aliphatic imine (C=N–C) groups is 1. The third-order valence-corrected chi connectivity index (χ3v) is 6.64. The molecule has 0 aromatic rings. The van der Waals surface area contributed by atoms with Crippen molar-refractivity contribution in [3.63, 3.8) is 0 Å². The van der Waals surface area contributed by atoms with Crippen LogP contribution in [-0.2, 0) is 19.2 Å². The van der Waals surface area contributed by atoms with Gasteiger partial charge in [-0.3, -0.25) is 19.4 Å². The number of aliphatic carboxylic acids is 1. The molecule has 12 N–H and O–H groups in total. The largest absolute Gasteiger partial charge is 0.480 e. The molecule has 0 aliphatic carbocycles. The zero-order chi connectivity index (χ0) is 28.2. The van der Waals surface area contributed by atoms with Crippen LogP contribution in [0.5, 0.6) is 0 Å². The molecule has 0 aliphatic rings. The molecule has 0 saturated carbocycles. The maximum atomic E-state index is 13.2. The minimum atomic E-state index is -1.16. The SMILES string of the molecule is CSCCC(N)C(=O)NC(CCCN=C(N)N)C(=O)NC(CCSC)C(=O)NC(CCCCN)C(=O)O. The third kappa shape index (κ3) is 16.3. The van der Waals surface area contributed by atoms with E-state index in [4.69, 9.17) is 22.9 Å². The van der Waals surface area contributed by atoms with Crippen LogP contribution < -0.4 is 38.9 Å². The highest BCUT2D eigenvalue weighted by molar-refractivity contribution is 7.98. The number of carbonyl (C=O) groups is 4. The second kappa shape index (κ2) is 20.8. The Hall–Kier alpha value is -2.23. The molecule has 0 saturated heterocycles. The van der Waals surface area contributed by atoms with E-state index in [2.05, 4.69) is 20.9 Å². The Kier molecular flexibility index (Phi) is 19.5. The summed E-state index contributed by atoms with van der Waals surface area (Å²) in [5.74, 6) is -1.68. The molecular formula is C22H44N8O5S2. The minimum absolute atomic E-state index is 0.0858. The van der Waals surface area contributed by atoms with Gasteiger partial charge in [0, 0.05) is 6.54 Å². The van der Waals surface area contributed by atoms with Gasteiger partial charge in [0.15, 0.2) is 5.96 Å². The van der Waals surface area contributed by atoms with Crippen LogP contribution in [0.2, 0.25) is 0 Å². The molecule has 37 heavy (non-hydrogen) atoms. The molecule has 3 amide bonds. The van der Waals surface area contributed by atoms with E-state index in [9.17, 15) is 24.3 Å². The van der Waals surface area contributed by atoms with Crippen molar-refractivity contribution in [1.82, 2.24) is 16.0 Å². The summed E-state index contributed by atoms with van der Waals surface area (Å²) in [5.41, 5.74) is 22.1. The van der Waals surface area contributed by atoms with Crippen LogP contribution in [0.4, 0.5) is 0 Å². The predicted octanol–water partition coefficient (Wildman–Crippen LogP) is -1.46. The Morgan fingerprint density at radius 3 is 1.84 bits per heavy atom. The Morgan fingerprint density at radius 2 is 1.30 bits per heavy atom.